The molecule has 114 valence electrons. The lowest BCUT2D eigenvalue weighted by molar-refractivity contribution is -0.123. The number of rotatable bonds is 5. The zero-order valence-corrected chi connectivity index (χ0v) is 12.0. The number of ether oxygens (including phenoxy) is 1. The molecule has 0 spiro atoms. The van der Waals surface area contributed by atoms with E-state index in [2.05, 4.69) is 10.5 Å². The van der Waals surface area contributed by atoms with Crippen LogP contribution in [0.15, 0.2) is 47.6 Å². The highest BCUT2D eigenvalue weighted by Crippen LogP contribution is 2.23. The van der Waals surface area contributed by atoms with Gasteiger partial charge in [0, 0.05) is 0 Å². The fraction of sp³-hybridized carbons (Fsp3) is 0.125. The average molecular weight is 300 g/mol. The Morgan fingerprint density at radius 2 is 1.91 bits per heavy atom. The van der Waals surface area contributed by atoms with Crippen LogP contribution in [0.25, 0.3) is 0 Å². The average Bonchev–Trinajstić information content (AvgIpc) is 2.50. The number of nitrogens with zero attached hydrogens (tertiary/aromatic N) is 1. The summed E-state index contributed by atoms with van der Waals surface area (Å²) in [6.07, 6.45) is 1.35. The Kier molecular flexibility index (Phi) is 4.98. The quantitative estimate of drug-likeness (QED) is 0.447. The smallest absolute Gasteiger partial charge is 0.277 e. The van der Waals surface area contributed by atoms with Gasteiger partial charge in [-0.2, -0.15) is 5.10 Å². The molecule has 6 heteroatoms. The van der Waals surface area contributed by atoms with Crippen LogP contribution in [0, 0.1) is 6.92 Å². The van der Waals surface area contributed by atoms with Crippen LogP contribution < -0.4 is 10.2 Å². The Balaban J connectivity index is 1.80. The number of carbonyl (C=O) groups is 1. The third kappa shape index (κ3) is 4.52. The van der Waals surface area contributed by atoms with Crippen molar-refractivity contribution in [1.29, 1.82) is 0 Å². The molecule has 0 saturated carbocycles. The van der Waals surface area contributed by atoms with Crippen LogP contribution in [0.4, 0.5) is 0 Å². The first-order valence-corrected chi connectivity index (χ1v) is 6.58. The number of hydrogen-bond donors (Lipinski definition) is 3. The second kappa shape index (κ2) is 7.12. The largest absolute Gasteiger partial charge is 0.504 e. The lowest BCUT2D eigenvalue weighted by Gasteiger charge is -2.05. The van der Waals surface area contributed by atoms with E-state index in [4.69, 9.17) is 4.74 Å². The van der Waals surface area contributed by atoms with Crippen molar-refractivity contribution in [3.63, 3.8) is 0 Å². The van der Waals surface area contributed by atoms with Gasteiger partial charge in [-0.25, -0.2) is 5.43 Å². The van der Waals surface area contributed by atoms with Crippen LogP contribution in [0.2, 0.25) is 0 Å². The van der Waals surface area contributed by atoms with Gasteiger partial charge < -0.3 is 14.9 Å². The molecule has 0 radical (unpaired) electrons. The standard InChI is InChI=1S/C16H16N2O4/c1-11-2-5-13(6-3-11)22-10-16(21)18-17-9-12-4-7-14(19)15(20)8-12/h2-9,19-20H,10H2,1H3,(H,18,21)/b17-9-. The maximum Gasteiger partial charge on any atom is 0.277 e. The minimum absolute atomic E-state index is 0.152. The minimum atomic E-state index is -0.403. The molecule has 0 fully saturated rings. The molecule has 1 amide bonds. The summed E-state index contributed by atoms with van der Waals surface area (Å²) >= 11 is 0. The number of carbonyl (C=O) groups excluding carboxylic acids is 1. The topological polar surface area (TPSA) is 91.2 Å². The van der Waals surface area contributed by atoms with Gasteiger partial charge in [-0.05, 0) is 42.8 Å². The molecule has 0 aliphatic rings. The van der Waals surface area contributed by atoms with Gasteiger partial charge in [-0.15, -0.1) is 0 Å². The number of nitrogens with one attached hydrogen (secondary N) is 1. The highest BCUT2D eigenvalue weighted by atomic mass is 16.5. The van der Waals surface area contributed by atoms with Crippen LogP contribution in [-0.4, -0.2) is 28.9 Å². The van der Waals surface area contributed by atoms with Crippen LogP contribution in [0.5, 0.6) is 17.2 Å². The first-order valence-electron chi connectivity index (χ1n) is 6.58. The van der Waals surface area contributed by atoms with Gasteiger partial charge in [0.15, 0.2) is 18.1 Å². The maximum atomic E-state index is 11.6. The monoisotopic (exact) mass is 300 g/mol. The molecule has 0 saturated heterocycles. The van der Waals surface area contributed by atoms with E-state index in [0.717, 1.165) is 5.56 Å². The molecule has 0 aliphatic carbocycles. The van der Waals surface area contributed by atoms with E-state index in [1.165, 1.54) is 18.3 Å². The lowest BCUT2D eigenvalue weighted by atomic mass is 10.2. The summed E-state index contributed by atoms with van der Waals surface area (Å²) in [5, 5.41) is 22.2. The second-order valence-corrected chi connectivity index (χ2v) is 4.64. The number of phenols is 2. The van der Waals surface area contributed by atoms with E-state index in [0.29, 0.717) is 11.3 Å². The number of hydrazone groups is 1. The van der Waals surface area contributed by atoms with Gasteiger partial charge in [-0.3, -0.25) is 4.79 Å². The van der Waals surface area contributed by atoms with E-state index in [9.17, 15) is 15.0 Å². The van der Waals surface area contributed by atoms with Gasteiger partial charge in [0.25, 0.3) is 5.91 Å². The van der Waals surface area contributed by atoms with Crippen LogP contribution >= 0.6 is 0 Å². The molecule has 6 nitrogen and oxygen atoms in total. The van der Waals surface area contributed by atoms with Gasteiger partial charge >= 0.3 is 0 Å². The fourth-order valence-electron chi connectivity index (χ4n) is 1.62. The molecule has 2 aromatic rings. The third-order valence-corrected chi connectivity index (χ3v) is 2.79. The molecule has 2 rings (SSSR count). The predicted molar refractivity (Wildman–Crippen MR) is 82.2 cm³/mol. The minimum Gasteiger partial charge on any atom is -0.504 e. The SMILES string of the molecule is Cc1ccc(OCC(=O)N/N=C\c2ccc(O)c(O)c2)cc1. The third-order valence-electron chi connectivity index (χ3n) is 2.79. The number of hydrogen-bond acceptors (Lipinski definition) is 5. The normalized spacial score (nSPS) is 10.6. The van der Waals surface area contributed by atoms with E-state index < -0.39 is 5.91 Å². The molecule has 0 aliphatic heterocycles. The molecule has 3 N–H and O–H groups in total. The highest BCUT2D eigenvalue weighted by Gasteiger charge is 2.02. The summed E-state index contributed by atoms with van der Waals surface area (Å²) < 4.78 is 5.30. The fourth-order valence-corrected chi connectivity index (χ4v) is 1.62. The Morgan fingerprint density at radius 3 is 2.59 bits per heavy atom. The molecule has 22 heavy (non-hydrogen) atoms. The number of phenolic OH excluding ortho intramolecular Hbond substituents is 2. The zero-order valence-electron chi connectivity index (χ0n) is 12.0. The van der Waals surface area contributed by atoms with Crippen molar-refractivity contribution in [3.8, 4) is 17.2 Å². The van der Waals surface area contributed by atoms with E-state index in [-0.39, 0.29) is 18.1 Å². The molecule has 0 aromatic heterocycles. The van der Waals surface area contributed by atoms with E-state index in [1.807, 2.05) is 19.1 Å². The summed E-state index contributed by atoms with van der Waals surface area (Å²) in [6, 6.07) is 11.6. The Labute approximate surface area is 127 Å². The van der Waals surface area contributed by atoms with Crippen LogP contribution in [0.3, 0.4) is 0 Å². The zero-order chi connectivity index (χ0) is 15.9. The molecule has 0 bridgehead atoms. The van der Waals surface area contributed by atoms with Crippen LogP contribution in [-0.2, 0) is 4.79 Å². The number of aryl methyl sites for hydroxylation is 1. The van der Waals surface area contributed by atoms with E-state index >= 15 is 0 Å². The van der Waals surface area contributed by atoms with Crippen molar-refractivity contribution in [2.75, 3.05) is 6.61 Å². The van der Waals surface area contributed by atoms with Gasteiger partial charge in [0.05, 0.1) is 6.21 Å². The van der Waals surface area contributed by atoms with Crippen molar-refractivity contribution in [2.24, 2.45) is 5.10 Å². The second-order valence-electron chi connectivity index (χ2n) is 4.64. The first kappa shape index (κ1) is 15.4. The lowest BCUT2D eigenvalue weighted by Crippen LogP contribution is -2.24. The first-order chi connectivity index (χ1) is 10.5. The molecule has 2 aromatic carbocycles. The van der Waals surface area contributed by atoms with Crippen molar-refractivity contribution < 1.29 is 19.7 Å². The van der Waals surface area contributed by atoms with Crippen molar-refractivity contribution in [2.45, 2.75) is 6.92 Å². The Hall–Kier alpha value is -3.02. The molecule has 0 unspecified atom stereocenters. The summed E-state index contributed by atoms with van der Waals surface area (Å²) in [4.78, 5) is 11.6. The molecular weight excluding hydrogens is 284 g/mol. The van der Waals surface area contributed by atoms with Gasteiger partial charge in [-0.1, -0.05) is 17.7 Å². The number of aromatic hydroxyl groups is 2. The van der Waals surface area contributed by atoms with Crippen molar-refractivity contribution in [3.05, 3.63) is 53.6 Å². The summed E-state index contributed by atoms with van der Waals surface area (Å²) in [7, 11) is 0. The molecule has 0 heterocycles. The highest BCUT2D eigenvalue weighted by molar-refractivity contribution is 5.83. The van der Waals surface area contributed by atoms with Gasteiger partial charge in [0.2, 0.25) is 0 Å². The summed E-state index contributed by atoms with van der Waals surface area (Å²) in [5.74, 6) is -0.265. The van der Waals surface area contributed by atoms with E-state index in [1.54, 1.807) is 18.2 Å². The number of amides is 1. The maximum absolute atomic E-state index is 11.6. The number of benzene rings is 2. The summed E-state index contributed by atoms with van der Waals surface area (Å²) in [5.41, 5.74) is 3.96. The van der Waals surface area contributed by atoms with Crippen LogP contribution in [0.1, 0.15) is 11.1 Å². The molecule has 0 atom stereocenters. The predicted octanol–water partition coefficient (Wildman–Crippen LogP) is 1.94. The Morgan fingerprint density at radius 1 is 1.18 bits per heavy atom. The Bertz CT molecular complexity index is 681. The summed E-state index contributed by atoms with van der Waals surface area (Å²) in [6.45, 7) is 1.81. The molecular formula is C16H16N2O4. The van der Waals surface area contributed by atoms with Gasteiger partial charge in [0.1, 0.15) is 5.75 Å². The van der Waals surface area contributed by atoms with Crippen molar-refractivity contribution in [1.82, 2.24) is 5.43 Å². The van der Waals surface area contributed by atoms with Crippen molar-refractivity contribution >= 4 is 12.1 Å².